The van der Waals surface area contributed by atoms with E-state index >= 15 is 0 Å². The molecule has 1 fully saturated rings. The number of rotatable bonds is 4. The fourth-order valence-corrected chi connectivity index (χ4v) is 2.99. The molecule has 0 saturated carbocycles. The second-order valence-electron chi connectivity index (χ2n) is 6.39. The highest BCUT2D eigenvalue weighted by Crippen LogP contribution is 2.27. The van der Waals surface area contributed by atoms with Gasteiger partial charge in [0.15, 0.2) is 0 Å². The first kappa shape index (κ1) is 19.2. The average Bonchev–Trinajstić information content (AvgIpc) is 2.64. The normalized spacial score (nSPS) is 15.8. The predicted molar refractivity (Wildman–Crippen MR) is 104 cm³/mol. The number of phenols is 1. The highest BCUT2D eigenvalue weighted by molar-refractivity contribution is 6.39. The third kappa shape index (κ3) is 3.59. The number of carbonyl (C=O) groups is 3. The van der Waals surface area contributed by atoms with Crippen molar-refractivity contribution < 1.29 is 24.2 Å². The number of phenolic OH excluding ortho intramolecular Hbond substituents is 1. The van der Waals surface area contributed by atoms with Crippen molar-refractivity contribution in [3.05, 3.63) is 58.7 Å². The summed E-state index contributed by atoms with van der Waals surface area (Å²) in [5, 5.41) is 12.1. The van der Waals surface area contributed by atoms with E-state index < -0.39 is 17.8 Å². The zero-order valence-corrected chi connectivity index (χ0v) is 15.8. The van der Waals surface area contributed by atoms with Crippen molar-refractivity contribution in [3.8, 4) is 11.5 Å². The molecule has 0 aliphatic carbocycles. The van der Waals surface area contributed by atoms with Crippen LogP contribution in [-0.4, -0.2) is 29.6 Å². The fraction of sp³-hybridized carbons (Fsp3) is 0.190. The Hall–Kier alpha value is -3.61. The van der Waals surface area contributed by atoms with Crippen LogP contribution in [0.2, 0.25) is 0 Å². The average molecular weight is 380 g/mol. The summed E-state index contributed by atoms with van der Waals surface area (Å²) < 4.78 is 5.36. The summed E-state index contributed by atoms with van der Waals surface area (Å²) in [6.07, 6.45) is 1.41. The van der Waals surface area contributed by atoms with Gasteiger partial charge in [-0.05, 0) is 79.9 Å². The SMILES string of the molecule is CCOc1ccc(N2C(=O)NC(=O)/C(=C\c3cc(C)c(O)c(C)c3)C2=O)cc1. The maximum absolute atomic E-state index is 12.9. The molecule has 2 aromatic carbocycles. The topological polar surface area (TPSA) is 95.9 Å². The first-order chi connectivity index (χ1) is 13.3. The standard InChI is InChI=1S/C21H20N2O5/c1-4-28-16-7-5-15(6-8-16)23-20(26)17(19(25)22-21(23)27)11-14-9-12(2)18(24)13(3)10-14/h5-11,24H,4H2,1-3H3,(H,22,25,27)/b17-11+. The number of urea groups is 1. The zero-order valence-electron chi connectivity index (χ0n) is 15.8. The third-order valence-corrected chi connectivity index (χ3v) is 4.33. The van der Waals surface area contributed by atoms with Crippen molar-refractivity contribution in [3.63, 3.8) is 0 Å². The maximum Gasteiger partial charge on any atom is 0.335 e. The van der Waals surface area contributed by atoms with Gasteiger partial charge in [0, 0.05) is 0 Å². The molecule has 0 bridgehead atoms. The molecule has 0 unspecified atom stereocenters. The number of amides is 4. The van der Waals surface area contributed by atoms with Gasteiger partial charge in [-0.2, -0.15) is 0 Å². The van der Waals surface area contributed by atoms with E-state index in [1.54, 1.807) is 50.2 Å². The van der Waals surface area contributed by atoms with Crippen LogP contribution in [0.5, 0.6) is 11.5 Å². The Kier molecular flexibility index (Phi) is 5.17. The van der Waals surface area contributed by atoms with Crippen molar-refractivity contribution in [2.45, 2.75) is 20.8 Å². The Morgan fingerprint density at radius 2 is 1.68 bits per heavy atom. The van der Waals surface area contributed by atoms with Crippen LogP contribution in [0.15, 0.2) is 42.0 Å². The molecule has 7 heteroatoms. The van der Waals surface area contributed by atoms with E-state index in [9.17, 15) is 19.5 Å². The quantitative estimate of drug-likeness (QED) is 0.628. The molecule has 2 aromatic rings. The van der Waals surface area contributed by atoms with Gasteiger partial charge in [0.25, 0.3) is 11.8 Å². The molecular weight excluding hydrogens is 360 g/mol. The minimum Gasteiger partial charge on any atom is -0.507 e. The van der Waals surface area contributed by atoms with Gasteiger partial charge in [-0.1, -0.05) is 0 Å². The lowest BCUT2D eigenvalue weighted by Crippen LogP contribution is -2.54. The van der Waals surface area contributed by atoms with Crippen molar-refractivity contribution >= 4 is 29.6 Å². The number of carbonyl (C=O) groups excluding carboxylic acids is 3. The van der Waals surface area contributed by atoms with Gasteiger partial charge in [0.2, 0.25) is 0 Å². The van der Waals surface area contributed by atoms with E-state index in [0.29, 0.717) is 34.7 Å². The van der Waals surface area contributed by atoms with Crippen LogP contribution in [0.25, 0.3) is 6.08 Å². The number of aromatic hydroxyl groups is 1. The highest BCUT2D eigenvalue weighted by Gasteiger charge is 2.36. The van der Waals surface area contributed by atoms with Crippen LogP contribution in [-0.2, 0) is 9.59 Å². The summed E-state index contributed by atoms with van der Waals surface area (Å²) in [6, 6.07) is 8.95. The molecule has 1 saturated heterocycles. The Labute approximate surface area is 162 Å². The van der Waals surface area contributed by atoms with Crippen molar-refractivity contribution in [1.29, 1.82) is 0 Å². The predicted octanol–water partition coefficient (Wildman–Crippen LogP) is 3.07. The molecule has 0 atom stereocenters. The Bertz CT molecular complexity index is 969. The van der Waals surface area contributed by atoms with Crippen molar-refractivity contribution in [2.75, 3.05) is 11.5 Å². The lowest BCUT2D eigenvalue weighted by Gasteiger charge is -2.26. The minimum atomic E-state index is -0.811. The lowest BCUT2D eigenvalue weighted by molar-refractivity contribution is -0.122. The zero-order chi connectivity index (χ0) is 20.4. The first-order valence-electron chi connectivity index (χ1n) is 8.76. The van der Waals surface area contributed by atoms with Crippen molar-refractivity contribution in [1.82, 2.24) is 5.32 Å². The van der Waals surface area contributed by atoms with Crippen LogP contribution in [0.4, 0.5) is 10.5 Å². The van der Waals surface area contributed by atoms with Crippen LogP contribution in [0, 0.1) is 13.8 Å². The summed E-state index contributed by atoms with van der Waals surface area (Å²) in [5.41, 5.74) is 1.97. The maximum atomic E-state index is 12.9. The number of benzene rings is 2. The summed E-state index contributed by atoms with van der Waals surface area (Å²) in [4.78, 5) is 38.3. The molecule has 3 rings (SSSR count). The molecule has 1 aliphatic rings. The number of anilines is 1. The number of nitrogens with zero attached hydrogens (tertiary/aromatic N) is 1. The molecule has 0 spiro atoms. The van der Waals surface area contributed by atoms with Gasteiger partial charge in [0.05, 0.1) is 12.3 Å². The number of imide groups is 2. The number of barbiturate groups is 1. The highest BCUT2D eigenvalue weighted by atomic mass is 16.5. The van der Waals surface area contributed by atoms with Gasteiger partial charge in [-0.15, -0.1) is 0 Å². The summed E-state index contributed by atoms with van der Waals surface area (Å²) in [7, 11) is 0. The molecule has 0 aromatic heterocycles. The summed E-state index contributed by atoms with van der Waals surface area (Å²) in [5.74, 6) is -0.715. The van der Waals surface area contributed by atoms with Crippen LogP contribution < -0.4 is 15.0 Å². The summed E-state index contributed by atoms with van der Waals surface area (Å²) in [6.45, 7) is 5.80. The van der Waals surface area contributed by atoms with Crippen molar-refractivity contribution in [2.24, 2.45) is 0 Å². The molecular formula is C21H20N2O5. The van der Waals surface area contributed by atoms with Crippen LogP contribution >= 0.6 is 0 Å². The van der Waals surface area contributed by atoms with Crippen LogP contribution in [0.3, 0.4) is 0 Å². The van der Waals surface area contributed by atoms with E-state index in [1.165, 1.54) is 6.08 Å². The molecule has 4 amide bonds. The third-order valence-electron chi connectivity index (χ3n) is 4.33. The number of aryl methyl sites for hydroxylation is 2. The fourth-order valence-electron chi connectivity index (χ4n) is 2.99. The molecule has 7 nitrogen and oxygen atoms in total. The molecule has 1 aliphatic heterocycles. The van der Waals surface area contributed by atoms with Gasteiger partial charge in [-0.3, -0.25) is 14.9 Å². The van der Waals surface area contributed by atoms with Gasteiger partial charge >= 0.3 is 6.03 Å². The Morgan fingerprint density at radius 1 is 1.07 bits per heavy atom. The monoisotopic (exact) mass is 380 g/mol. The lowest BCUT2D eigenvalue weighted by atomic mass is 10.0. The van der Waals surface area contributed by atoms with E-state index in [0.717, 1.165) is 4.90 Å². The number of hydrogen-bond donors (Lipinski definition) is 2. The molecule has 2 N–H and O–H groups in total. The van der Waals surface area contributed by atoms with E-state index in [1.807, 2.05) is 6.92 Å². The smallest absolute Gasteiger partial charge is 0.335 e. The van der Waals surface area contributed by atoms with E-state index in [2.05, 4.69) is 5.32 Å². The number of hydrogen-bond acceptors (Lipinski definition) is 5. The molecule has 0 radical (unpaired) electrons. The molecule has 1 heterocycles. The van der Waals surface area contributed by atoms with Gasteiger partial charge < -0.3 is 9.84 Å². The Morgan fingerprint density at radius 3 is 2.25 bits per heavy atom. The van der Waals surface area contributed by atoms with E-state index in [4.69, 9.17) is 4.74 Å². The second kappa shape index (κ2) is 7.56. The second-order valence-corrected chi connectivity index (χ2v) is 6.39. The minimum absolute atomic E-state index is 0.160. The number of nitrogens with one attached hydrogen (secondary N) is 1. The van der Waals surface area contributed by atoms with Crippen LogP contribution in [0.1, 0.15) is 23.6 Å². The number of ether oxygens (including phenoxy) is 1. The first-order valence-corrected chi connectivity index (χ1v) is 8.76. The van der Waals surface area contributed by atoms with Gasteiger partial charge in [0.1, 0.15) is 17.1 Å². The Balaban J connectivity index is 1.98. The van der Waals surface area contributed by atoms with E-state index in [-0.39, 0.29) is 11.3 Å². The summed E-state index contributed by atoms with van der Waals surface area (Å²) >= 11 is 0. The molecule has 144 valence electrons. The van der Waals surface area contributed by atoms with Gasteiger partial charge in [-0.25, -0.2) is 9.69 Å². The largest absolute Gasteiger partial charge is 0.507 e. The molecule has 28 heavy (non-hydrogen) atoms.